The molecule has 4 fully saturated rings. The predicted octanol–water partition coefficient (Wildman–Crippen LogP) is 3.57. The zero-order valence-electron chi connectivity index (χ0n) is 14.7. The van der Waals surface area contributed by atoms with E-state index in [4.69, 9.17) is 0 Å². The highest BCUT2D eigenvalue weighted by Crippen LogP contribution is 2.51. The molecule has 2 saturated heterocycles. The number of carbonyl (C=O) groups excluding carboxylic acids is 1. The Morgan fingerprint density at radius 2 is 2.00 bits per heavy atom. The molecule has 0 spiro atoms. The summed E-state index contributed by atoms with van der Waals surface area (Å²) in [7, 11) is 0. The summed E-state index contributed by atoms with van der Waals surface area (Å²) in [5.41, 5.74) is 1.87. The largest absolute Gasteiger partial charge is 0.390 e. The lowest BCUT2D eigenvalue weighted by Gasteiger charge is -2.59. The minimum atomic E-state index is -0.490. The quantitative estimate of drug-likeness (QED) is 0.899. The Morgan fingerprint density at radius 1 is 1.28 bits per heavy atom. The van der Waals surface area contributed by atoms with E-state index in [2.05, 4.69) is 41.2 Å². The van der Waals surface area contributed by atoms with E-state index in [0.717, 1.165) is 37.6 Å². The van der Waals surface area contributed by atoms with Crippen LogP contribution in [-0.2, 0) is 4.79 Å². The lowest BCUT2D eigenvalue weighted by molar-refractivity contribution is -0.174. The van der Waals surface area contributed by atoms with Gasteiger partial charge in [-0.15, -0.1) is 0 Å². The van der Waals surface area contributed by atoms with Gasteiger partial charge in [0, 0.05) is 35.6 Å². The lowest BCUT2D eigenvalue weighted by Crippen LogP contribution is -2.65. The molecule has 2 saturated carbocycles. The molecule has 2 aliphatic carbocycles. The van der Waals surface area contributed by atoms with E-state index in [9.17, 15) is 9.90 Å². The highest BCUT2D eigenvalue weighted by molar-refractivity contribution is 5.85. The Bertz CT molecular complexity index is 810. The number of rotatable bonds is 3. The SMILES string of the molecule is CC(CC(=O)N1C2CC3C[C@@H]1CC(O)(C3)C2)c1c[nH]c2ccccc12. The lowest BCUT2D eigenvalue weighted by atomic mass is 9.61. The monoisotopic (exact) mass is 338 g/mol. The molecule has 2 aromatic rings. The maximum absolute atomic E-state index is 13.1. The average Bonchev–Trinajstić information content (AvgIpc) is 2.96. The van der Waals surface area contributed by atoms with Crippen LogP contribution in [0, 0.1) is 5.92 Å². The summed E-state index contributed by atoms with van der Waals surface area (Å²) in [6.45, 7) is 2.15. The van der Waals surface area contributed by atoms with Gasteiger partial charge >= 0.3 is 0 Å². The van der Waals surface area contributed by atoms with Gasteiger partial charge in [-0.3, -0.25) is 4.79 Å². The average molecular weight is 338 g/mol. The molecule has 4 aliphatic rings. The fraction of sp³-hybridized carbons (Fsp3) is 0.571. The number of benzene rings is 1. The summed E-state index contributed by atoms with van der Waals surface area (Å²) < 4.78 is 0. The van der Waals surface area contributed by atoms with E-state index in [1.165, 1.54) is 10.9 Å². The van der Waals surface area contributed by atoms with Crippen molar-refractivity contribution in [3.8, 4) is 0 Å². The molecule has 1 aromatic heterocycles. The Morgan fingerprint density at radius 3 is 2.72 bits per heavy atom. The smallest absolute Gasteiger partial charge is 0.223 e. The second-order valence-corrected chi connectivity index (χ2v) is 8.68. The second kappa shape index (κ2) is 5.34. The minimum absolute atomic E-state index is 0.198. The first kappa shape index (κ1) is 15.4. The van der Waals surface area contributed by atoms with E-state index < -0.39 is 5.60 Å². The van der Waals surface area contributed by atoms with E-state index in [1.807, 2.05) is 6.07 Å². The zero-order valence-corrected chi connectivity index (χ0v) is 14.7. The van der Waals surface area contributed by atoms with Crippen molar-refractivity contribution in [3.63, 3.8) is 0 Å². The van der Waals surface area contributed by atoms with Crippen molar-refractivity contribution in [2.24, 2.45) is 5.92 Å². The molecular weight excluding hydrogens is 312 g/mol. The van der Waals surface area contributed by atoms with Crippen molar-refractivity contribution >= 4 is 16.8 Å². The molecule has 4 nitrogen and oxygen atoms in total. The molecule has 4 bridgehead atoms. The van der Waals surface area contributed by atoms with Gasteiger partial charge in [-0.25, -0.2) is 0 Å². The zero-order chi connectivity index (χ0) is 17.2. The third-order valence-electron chi connectivity index (χ3n) is 6.82. The number of H-pyrrole nitrogens is 1. The van der Waals surface area contributed by atoms with Crippen LogP contribution in [-0.4, -0.2) is 38.6 Å². The van der Waals surface area contributed by atoms with Crippen LogP contribution in [0.15, 0.2) is 30.5 Å². The predicted molar refractivity (Wildman–Crippen MR) is 97.3 cm³/mol. The number of aliphatic hydroxyl groups is 1. The molecule has 25 heavy (non-hydrogen) atoms. The van der Waals surface area contributed by atoms with Crippen LogP contribution < -0.4 is 0 Å². The van der Waals surface area contributed by atoms with Gasteiger partial charge in [-0.05, 0) is 55.6 Å². The summed E-state index contributed by atoms with van der Waals surface area (Å²) in [6, 6.07) is 8.81. The van der Waals surface area contributed by atoms with Crippen molar-refractivity contribution < 1.29 is 9.90 Å². The van der Waals surface area contributed by atoms with Crippen molar-refractivity contribution in [2.75, 3.05) is 0 Å². The van der Waals surface area contributed by atoms with Crippen LogP contribution in [0.2, 0.25) is 0 Å². The molecule has 4 heteroatoms. The number of nitrogens with one attached hydrogen (secondary N) is 1. The van der Waals surface area contributed by atoms with E-state index in [0.29, 0.717) is 12.3 Å². The molecule has 4 unspecified atom stereocenters. The number of hydrogen-bond acceptors (Lipinski definition) is 2. The number of nitrogens with zero attached hydrogens (tertiary/aromatic N) is 1. The molecule has 3 heterocycles. The second-order valence-electron chi connectivity index (χ2n) is 8.68. The fourth-order valence-corrected chi connectivity index (χ4v) is 5.97. The summed E-state index contributed by atoms with van der Waals surface area (Å²) >= 11 is 0. The maximum atomic E-state index is 13.1. The van der Waals surface area contributed by atoms with Crippen LogP contribution in [0.4, 0.5) is 0 Å². The van der Waals surface area contributed by atoms with E-state index >= 15 is 0 Å². The maximum Gasteiger partial charge on any atom is 0.223 e. The first-order valence-electron chi connectivity index (χ1n) is 9.62. The molecule has 132 valence electrons. The molecule has 5 atom stereocenters. The Kier molecular flexibility index (Phi) is 3.30. The van der Waals surface area contributed by atoms with Gasteiger partial charge in [-0.2, -0.15) is 0 Å². The van der Waals surface area contributed by atoms with Gasteiger partial charge in [0.1, 0.15) is 0 Å². The first-order valence-corrected chi connectivity index (χ1v) is 9.62. The molecule has 1 aromatic carbocycles. The number of piperidine rings is 2. The molecule has 0 radical (unpaired) electrons. The van der Waals surface area contributed by atoms with Crippen molar-refractivity contribution in [1.82, 2.24) is 9.88 Å². The van der Waals surface area contributed by atoms with Gasteiger partial charge in [0.15, 0.2) is 0 Å². The van der Waals surface area contributed by atoms with Gasteiger partial charge < -0.3 is 15.0 Å². The van der Waals surface area contributed by atoms with Crippen LogP contribution in [0.3, 0.4) is 0 Å². The van der Waals surface area contributed by atoms with Gasteiger partial charge in [0.25, 0.3) is 0 Å². The Hall–Kier alpha value is -1.81. The Labute approximate surface area is 148 Å². The third kappa shape index (κ3) is 2.42. The first-order chi connectivity index (χ1) is 12.0. The fourth-order valence-electron chi connectivity index (χ4n) is 5.97. The molecule has 2 aliphatic heterocycles. The number of hydrogen-bond donors (Lipinski definition) is 2. The molecule has 2 N–H and O–H groups in total. The summed E-state index contributed by atoms with van der Waals surface area (Å²) in [5.74, 6) is 1.09. The summed E-state index contributed by atoms with van der Waals surface area (Å²) in [6.07, 6.45) is 7.31. The van der Waals surface area contributed by atoms with Crippen LogP contribution in [0.25, 0.3) is 10.9 Å². The van der Waals surface area contributed by atoms with Crippen molar-refractivity contribution in [1.29, 1.82) is 0 Å². The van der Waals surface area contributed by atoms with Gasteiger partial charge in [-0.1, -0.05) is 25.1 Å². The third-order valence-corrected chi connectivity index (χ3v) is 6.82. The highest BCUT2D eigenvalue weighted by atomic mass is 16.3. The van der Waals surface area contributed by atoms with Crippen LogP contribution >= 0.6 is 0 Å². The molecular formula is C21H26N2O2. The number of para-hydroxylation sites is 1. The Balaban J connectivity index is 1.35. The van der Waals surface area contributed by atoms with Gasteiger partial charge in [0.2, 0.25) is 5.91 Å². The van der Waals surface area contributed by atoms with Crippen LogP contribution in [0.1, 0.15) is 56.9 Å². The summed E-state index contributed by atoms with van der Waals surface area (Å²) in [4.78, 5) is 18.6. The number of fused-ring (bicyclic) bond motifs is 1. The van der Waals surface area contributed by atoms with E-state index in [-0.39, 0.29) is 23.9 Å². The number of aromatic amines is 1. The molecule has 6 rings (SSSR count). The number of aromatic nitrogens is 1. The highest BCUT2D eigenvalue weighted by Gasteiger charge is 2.54. The topological polar surface area (TPSA) is 56.3 Å². The minimum Gasteiger partial charge on any atom is -0.390 e. The normalized spacial score (nSPS) is 34.6. The number of carbonyl (C=O) groups is 1. The van der Waals surface area contributed by atoms with E-state index in [1.54, 1.807) is 0 Å². The number of amides is 1. The van der Waals surface area contributed by atoms with Crippen LogP contribution in [0.5, 0.6) is 0 Å². The van der Waals surface area contributed by atoms with Crippen molar-refractivity contribution in [2.45, 2.75) is 69.1 Å². The van der Waals surface area contributed by atoms with Gasteiger partial charge in [0.05, 0.1) is 5.60 Å². The van der Waals surface area contributed by atoms with Crippen molar-refractivity contribution in [3.05, 3.63) is 36.0 Å². The standard InChI is InChI=1S/C21H26N2O2/c1-13(18-12-22-19-5-3-2-4-17(18)19)6-20(24)23-15-7-14-8-16(23)11-21(25,9-14)10-15/h2-5,12-16,22,25H,6-11H2,1H3/t13?,14?,15-,16?,21?/m1/s1. The molecule has 1 amide bonds. The summed E-state index contributed by atoms with van der Waals surface area (Å²) in [5, 5.41) is 11.9.